The quantitative estimate of drug-likeness (QED) is 0.167. The van der Waals surface area contributed by atoms with Crippen LogP contribution in [-0.4, -0.2) is 31.0 Å². The highest BCUT2D eigenvalue weighted by Gasteiger charge is 2.33. The van der Waals surface area contributed by atoms with Crippen LogP contribution in [0.2, 0.25) is 0 Å². The number of benzene rings is 1. The number of nitrogens with one attached hydrogen (secondary N) is 1. The summed E-state index contributed by atoms with van der Waals surface area (Å²) in [4.78, 5) is 8.82. The number of ether oxygens (including phenoxy) is 1. The highest BCUT2D eigenvalue weighted by atomic mass is 19.4. The van der Waals surface area contributed by atoms with Crippen molar-refractivity contribution in [2.75, 3.05) is 0 Å². The minimum atomic E-state index is -4.82. The number of fused-ring (bicyclic) bond motifs is 1. The summed E-state index contributed by atoms with van der Waals surface area (Å²) in [5, 5.41) is 16.9. The van der Waals surface area contributed by atoms with E-state index >= 15 is 0 Å². The normalized spacial score (nSPS) is 12.4. The third-order valence-corrected chi connectivity index (χ3v) is 5.92. The molecular formula is C27H25F4N5O2. The zero-order valence-corrected chi connectivity index (χ0v) is 20.8. The molecule has 0 fully saturated rings. The lowest BCUT2D eigenvalue weighted by Gasteiger charge is -2.16. The van der Waals surface area contributed by atoms with Crippen LogP contribution >= 0.6 is 0 Å². The van der Waals surface area contributed by atoms with Crippen LogP contribution in [0.1, 0.15) is 22.5 Å². The summed E-state index contributed by atoms with van der Waals surface area (Å²) in [5.74, 6) is -1.72. The Bertz CT molecular complexity index is 1530. The summed E-state index contributed by atoms with van der Waals surface area (Å²) in [5.41, 5.74) is 4.59. The van der Waals surface area contributed by atoms with Gasteiger partial charge in [-0.25, -0.2) is 9.37 Å². The van der Waals surface area contributed by atoms with Crippen molar-refractivity contribution in [2.24, 2.45) is 7.05 Å². The molecule has 0 aliphatic rings. The van der Waals surface area contributed by atoms with Crippen molar-refractivity contribution in [3.05, 3.63) is 95.2 Å². The second-order valence-corrected chi connectivity index (χ2v) is 8.54. The Kier molecular flexibility index (Phi) is 7.65. The van der Waals surface area contributed by atoms with E-state index in [1.54, 1.807) is 23.9 Å². The molecule has 3 aromatic heterocycles. The Balaban J connectivity index is 1.59. The van der Waals surface area contributed by atoms with Crippen molar-refractivity contribution in [3.63, 3.8) is 0 Å². The maximum atomic E-state index is 14.4. The van der Waals surface area contributed by atoms with Crippen molar-refractivity contribution >= 4 is 10.9 Å². The average Bonchev–Trinajstić information content (AvgIpc) is 3.30. The number of allylic oxidation sites excluding steroid dienone is 3. The first-order valence-corrected chi connectivity index (χ1v) is 11.6. The molecule has 11 heteroatoms. The van der Waals surface area contributed by atoms with Gasteiger partial charge in [-0.2, -0.15) is 18.3 Å². The summed E-state index contributed by atoms with van der Waals surface area (Å²) in [6.45, 7) is 3.57. The van der Waals surface area contributed by atoms with E-state index in [-0.39, 0.29) is 13.2 Å². The van der Waals surface area contributed by atoms with E-state index in [1.807, 2.05) is 38.2 Å². The fraction of sp³-hybridized carbons (Fsp3) is 0.222. The molecule has 198 valence electrons. The summed E-state index contributed by atoms with van der Waals surface area (Å²) < 4.78 is 59.4. The van der Waals surface area contributed by atoms with E-state index < -0.39 is 17.8 Å². The van der Waals surface area contributed by atoms with Crippen molar-refractivity contribution in [2.45, 2.75) is 33.2 Å². The van der Waals surface area contributed by atoms with Gasteiger partial charge in [0.1, 0.15) is 23.7 Å². The molecule has 0 saturated heterocycles. The second-order valence-electron chi connectivity index (χ2n) is 8.54. The molecule has 0 amide bonds. The Hall–Kier alpha value is -4.41. The molecule has 2 N–H and O–H groups in total. The lowest BCUT2D eigenvalue weighted by molar-refractivity contribution is -0.120. The number of pyridine rings is 2. The number of hydrogen-bond acceptors (Lipinski definition) is 6. The number of hydrogen-bond donors (Lipinski definition) is 2. The molecule has 4 aromatic rings. The summed E-state index contributed by atoms with van der Waals surface area (Å²) in [6.07, 6.45) is 0.742. The number of alkyl halides is 3. The highest BCUT2D eigenvalue weighted by Crippen LogP contribution is 2.33. The van der Waals surface area contributed by atoms with Crippen molar-refractivity contribution in [1.29, 1.82) is 0 Å². The highest BCUT2D eigenvalue weighted by molar-refractivity contribution is 5.96. The molecule has 38 heavy (non-hydrogen) atoms. The van der Waals surface area contributed by atoms with Gasteiger partial charge in [0.25, 0.3) is 0 Å². The number of aromatic nitrogens is 4. The molecule has 0 unspecified atom stereocenters. The third-order valence-electron chi connectivity index (χ3n) is 5.92. The van der Waals surface area contributed by atoms with E-state index in [4.69, 9.17) is 9.84 Å². The first kappa shape index (κ1) is 26.6. The summed E-state index contributed by atoms with van der Waals surface area (Å²) >= 11 is 0. The number of rotatable bonds is 8. The topological polar surface area (TPSA) is 85.1 Å². The molecule has 0 spiro atoms. The summed E-state index contributed by atoms with van der Waals surface area (Å²) in [7, 11) is 1.86. The van der Waals surface area contributed by atoms with Gasteiger partial charge >= 0.3 is 6.18 Å². The largest absolute Gasteiger partial charge is 0.504 e. The van der Waals surface area contributed by atoms with Crippen LogP contribution in [-0.2, 0) is 20.2 Å². The number of aryl methyl sites for hydroxylation is 2. The van der Waals surface area contributed by atoms with Crippen molar-refractivity contribution in [1.82, 2.24) is 25.1 Å². The standard InChI is InChI=1S/C27H25F4N5O2/c1-16-12-19(23-9-11-34-36(23)3)18-6-4-7-24(26(18)35-16)38-15-20-17(2)21(28)13-33-22(20)14-32-10-5-8-25(37)27(29,30)31/h4-13,32,37H,14-15H2,1-3H3/b10-5-,25-8-. The molecule has 0 radical (unpaired) electrons. The third kappa shape index (κ3) is 5.77. The Labute approximate surface area is 216 Å². The molecule has 1 aromatic carbocycles. The smallest absolute Gasteiger partial charge is 0.448 e. The summed E-state index contributed by atoms with van der Waals surface area (Å²) in [6, 6.07) is 9.47. The number of halogens is 4. The van der Waals surface area contributed by atoms with Gasteiger partial charge < -0.3 is 15.2 Å². The van der Waals surface area contributed by atoms with Gasteiger partial charge in [-0.1, -0.05) is 12.1 Å². The van der Waals surface area contributed by atoms with E-state index in [1.165, 1.54) is 6.20 Å². The van der Waals surface area contributed by atoms with Crippen LogP contribution < -0.4 is 10.1 Å². The maximum absolute atomic E-state index is 14.4. The molecule has 0 aliphatic heterocycles. The SMILES string of the molecule is Cc1cc(-c2ccnn2C)c2cccc(OCc3c(CN/C=C\C=C(/O)C(F)(F)F)ncc(F)c3C)c2n1. The van der Waals surface area contributed by atoms with Crippen LogP contribution in [0.25, 0.3) is 22.2 Å². The van der Waals surface area contributed by atoms with Gasteiger partial charge in [0.05, 0.1) is 24.1 Å². The molecule has 3 heterocycles. The molecular weight excluding hydrogens is 502 g/mol. The zero-order valence-electron chi connectivity index (χ0n) is 20.8. The first-order chi connectivity index (χ1) is 18.1. The van der Waals surface area contributed by atoms with E-state index in [2.05, 4.69) is 20.4 Å². The van der Waals surface area contributed by atoms with Crippen LogP contribution in [0.15, 0.2) is 66.8 Å². The molecule has 0 bridgehead atoms. The van der Waals surface area contributed by atoms with Crippen molar-refractivity contribution < 1.29 is 27.4 Å². The average molecular weight is 528 g/mol. The minimum absolute atomic E-state index is 0.0120. The van der Waals surface area contributed by atoms with Gasteiger partial charge in [0.15, 0.2) is 5.76 Å². The van der Waals surface area contributed by atoms with Crippen molar-refractivity contribution in [3.8, 4) is 17.0 Å². The number of nitrogens with zero attached hydrogens (tertiary/aromatic N) is 4. The van der Waals surface area contributed by atoms with Crippen LogP contribution in [0.3, 0.4) is 0 Å². The lowest BCUT2D eigenvalue weighted by Crippen LogP contribution is -2.13. The van der Waals surface area contributed by atoms with E-state index in [0.717, 1.165) is 34.6 Å². The second kappa shape index (κ2) is 10.9. The molecule has 0 atom stereocenters. The van der Waals surface area contributed by atoms with E-state index in [9.17, 15) is 17.6 Å². The van der Waals surface area contributed by atoms with Gasteiger partial charge in [0, 0.05) is 35.5 Å². The van der Waals surface area contributed by atoms with Gasteiger partial charge in [0.2, 0.25) is 0 Å². The van der Waals surface area contributed by atoms with Crippen LogP contribution in [0, 0.1) is 19.7 Å². The molecule has 7 nitrogen and oxygen atoms in total. The van der Waals surface area contributed by atoms with Gasteiger partial charge in [-0.05, 0) is 56.0 Å². The Morgan fingerprint density at radius 2 is 2.00 bits per heavy atom. The van der Waals surface area contributed by atoms with Crippen LogP contribution in [0.5, 0.6) is 5.75 Å². The molecule has 0 saturated carbocycles. The predicted molar refractivity (Wildman–Crippen MR) is 135 cm³/mol. The molecule has 4 rings (SSSR count). The monoisotopic (exact) mass is 527 g/mol. The fourth-order valence-electron chi connectivity index (χ4n) is 3.94. The zero-order chi connectivity index (χ0) is 27.4. The number of aliphatic hydroxyl groups is 1. The Morgan fingerprint density at radius 3 is 2.71 bits per heavy atom. The van der Waals surface area contributed by atoms with Gasteiger partial charge in [-0.15, -0.1) is 0 Å². The van der Waals surface area contributed by atoms with Crippen LogP contribution in [0.4, 0.5) is 17.6 Å². The Morgan fingerprint density at radius 1 is 1.21 bits per heavy atom. The lowest BCUT2D eigenvalue weighted by atomic mass is 10.0. The predicted octanol–water partition coefficient (Wildman–Crippen LogP) is 5.97. The maximum Gasteiger partial charge on any atom is 0.448 e. The van der Waals surface area contributed by atoms with Gasteiger partial charge in [-0.3, -0.25) is 9.67 Å². The van der Waals surface area contributed by atoms with E-state index in [0.29, 0.717) is 34.2 Å². The number of para-hydroxylation sites is 1. The first-order valence-electron chi connectivity index (χ1n) is 11.6. The number of aliphatic hydroxyl groups excluding tert-OH is 1. The molecule has 0 aliphatic carbocycles. The minimum Gasteiger partial charge on any atom is -0.504 e. The fourth-order valence-corrected chi connectivity index (χ4v) is 3.94.